The smallest absolute Gasteiger partial charge is 0.462 e. The summed E-state index contributed by atoms with van der Waals surface area (Å²) >= 11 is 0. The van der Waals surface area contributed by atoms with E-state index in [1.54, 1.807) is 0 Å². The summed E-state index contributed by atoms with van der Waals surface area (Å²) in [6, 6.07) is 0. The summed E-state index contributed by atoms with van der Waals surface area (Å²) in [5, 5.41) is 18.3. The van der Waals surface area contributed by atoms with Crippen molar-refractivity contribution in [2.45, 2.75) is 193 Å². The first-order valence-electron chi connectivity index (χ1n) is 19.6. The maximum atomic E-state index is 12.5. The van der Waals surface area contributed by atoms with E-state index in [0.29, 0.717) is 12.8 Å². The topological polar surface area (TPSA) is 149 Å². The molecule has 0 aromatic carbocycles. The van der Waals surface area contributed by atoms with E-state index in [1.165, 1.54) is 83.5 Å². The van der Waals surface area contributed by atoms with Crippen LogP contribution < -0.4 is 0 Å². The number of phosphoric ester groups is 1. The molecule has 0 aromatic rings. The standard InChI is InChI=1S/C38H73O10P/c1-3-5-7-9-11-13-15-17-18-20-22-24-26-28-30-38(42)48-36(34-47-49(43,44)46-32-35(40)31-39)33-45-37(41)29-27-25-23-21-19-16-14-12-10-8-6-4-2/h15,17,35-36,39-40H,3-14,16,18-34H2,1-2H3,(H,43,44)/b17-15+/t35-,36+/m0/s1. The Morgan fingerprint density at radius 1 is 0.592 bits per heavy atom. The van der Waals surface area contributed by atoms with Gasteiger partial charge in [0.15, 0.2) is 6.10 Å². The third-order valence-electron chi connectivity index (χ3n) is 8.42. The zero-order valence-corrected chi connectivity index (χ0v) is 32.1. The van der Waals surface area contributed by atoms with E-state index in [9.17, 15) is 24.2 Å². The van der Waals surface area contributed by atoms with E-state index < -0.39 is 51.8 Å². The lowest BCUT2D eigenvalue weighted by atomic mass is 10.0. The van der Waals surface area contributed by atoms with Gasteiger partial charge in [0.05, 0.1) is 19.8 Å². The largest absolute Gasteiger partial charge is 0.472 e. The van der Waals surface area contributed by atoms with Crippen molar-refractivity contribution in [2.75, 3.05) is 26.4 Å². The number of phosphoric acid groups is 1. The average molecular weight is 721 g/mol. The molecule has 0 aliphatic heterocycles. The number of ether oxygens (including phenoxy) is 2. The zero-order chi connectivity index (χ0) is 36.3. The SMILES string of the molecule is CCCCCCC/C=C/CCCCCCCC(=O)O[C@H](COC(=O)CCCCCCCCCCCCCC)COP(=O)(O)OC[C@@H](O)CO. The molecule has 0 amide bonds. The molecule has 0 radical (unpaired) electrons. The van der Waals surface area contributed by atoms with Crippen LogP contribution in [0.1, 0.15) is 181 Å². The Kier molecular flexibility index (Phi) is 34.2. The maximum absolute atomic E-state index is 12.5. The number of hydrogen-bond donors (Lipinski definition) is 3. The van der Waals surface area contributed by atoms with Gasteiger partial charge in [0.1, 0.15) is 12.7 Å². The summed E-state index contributed by atoms with van der Waals surface area (Å²) in [6.45, 7) is 2.36. The Labute approximate surface area is 298 Å². The van der Waals surface area contributed by atoms with Crippen LogP contribution in [-0.4, -0.2) is 65.7 Å². The lowest BCUT2D eigenvalue weighted by Crippen LogP contribution is -2.29. The minimum absolute atomic E-state index is 0.178. The molecule has 3 N–H and O–H groups in total. The van der Waals surface area contributed by atoms with Gasteiger partial charge in [-0.05, 0) is 38.5 Å². The molecular weight excluding hydrogens is 647 g/mol. The van der Waals surface area contributed by atoms with Gasteiger partial charge >= 0.3 is 19.8 Å². The van der Waals surface area contributed by atoms with Crippen LogP contribution >= 0.6 is 7.82 Å². The van der Waals surface area contributed by atoms with Gasteiger partial charge in [-0.1, -0.05) is 142 Å². The van der Waals surface area contributed by atoms with Gasteiger partial charge in [-0.2, -0.15) is 0 Å². The van der Waals surface area contributed by atoms with Crippen molar-refractivity contribution in [1.29, 1.82) is 0 Å². The molecule has 0 saturated carbocycles. The van der Waals surface area contributed by atoms with Gasteiger partial charge in [-0.25, -0.2) is 4.57 Å². The van der Waals surface area contributed by atoms with Crippen LogP contribution in [-0.2, 0) is 32.7 Å². The molecule has 49 heavy (non-hydrogen) atoms. The predicted molar refractivity (Wildman–Crippen MR) is 196 cm³/mol. The molecule has 0 aliphatic rings. The van der Waals surface area contributed by atoms with E-state index in [4.69, 9.17) is 19.1 Å². The van der Waals surface area contributed by atoms with Crippen molar-refractivity contribution >= 4 is 19.8 Å². The normalized spacial score (nSPS) is 14.1. The van der Waals surface area contributed by atoms with Crippen LogP contribution in [0.2, 0.25) is 0 Å². The van der Waals surface area contributed by atoms with Crippen LogP contribution in [0.25, 0.3) is 0 Å². The van der Waals surface area contributed by atoms with Crippen LogP contribution in [0.3, 0.4) is 0 Å². The second-order valence-electron chi connectivity index (χ2n) is 13.3. The van der Waals surface area contributed by atoms with E-state index >= 15 is 0 Å². The summed E-state index contributed by atoms with van der Waals surface area (Å²) in [4.78, 5) is 34.8. The summed E-state index contributed by atoms with van der Waals surface area (Å²) in [7, 11) is -4.61. The van der Waals surface area contributed by atoms with Crippen molar-refractivity contribution in [3.05, 3.63) is 12.2 Å². The van der Waals surface area contributed by atoms with Gasteiger partial charge in [0, 0.05) is 12.8 Å². The minimum atomic E-state index is -4.61. The highest BCUT2D eigenvalue weighted by Crippen LogP contribution is 2.43. The highest BCUT2D eigenvalue weighted by molar-refractivity contribution is 7.47. The number of hydrogen-bond acceptors (Lipinski definition) is 9. The molecule has 11 heteroatoms. The molecule has 290 valence electrons. The lowest BCUT2D eigenvalue weighted by Gasteiger charge is -2.20. The predicted octanol–water partition coefficient (Wildman–Crippen LogP) is 9.67. The molecule has 0 spiro atoms. The Balaban J connectivity index is 4.36. The lowest BCUT2D eigenvalue weighted by molar-refractivity contribution is -0.161. The summed E-state index contributed by atoms with van der Waals surface area (Å²) < 4.78 is 32.6. The molecule has 0 fully saturated rings. The number of unbranched alkanes of at least 4 members (excludes halogenated alkanes) is 21. The number of carbonyl (C=O) groups is 2. The fourth-order valence-electron chi connectivity index (χ4n) is 5.34. The monoisotopic (exact) mass is 720 g/mol. The van der Waals surface area contributed by atoms with Gasteiger partial charge in [-0.15, -0.1) is 0 Å². The number of aliphatic hydroxyl groups excluding tert-OH is 2. The Morgan fingerprint density at radius 3 is 1.47 bits per heavy atom. The molecule has 0 saturated heterocycles. The number of esters is 2. The van der Waals surface area contributed by atoms with Crippen LogP contribution in [0.15, 0.2) is 12.2 Å². The van der Waals surface area contributed by atoms with Crippen molar-refractivity contribution in [1.82, 2.24) is 0 Å². The van der Waals surface area contributed by atoms with E-state index in [2.05, 4.69) is 30.5 Å². The molecule has 0 bridgehead atoms. The third kappa shape index (κ3) is 34.9. The maximum Gasteiger partial charge on any atom is 0.472 e. The quantitative estimate of drug-likeness (QED) is 0.0245. The van der Waals surface area contributed by atoms with Gasteiger partial charge in [0.2, 0.25) is 0 Å². The number of aliphatic hydroxyl groups is 2. The van der Waals surface area contributed by atoms with E-state index in [1.807, 2.05) is 0 Å². The molecule has 10 nitrogen and oxygen atoms in total. The van der Waals surface area contributed by atoms with Crippen molar-refractivity contribution in [3.8, 4) is 0 Å². The van der Waals surface area contributed by atoms with Gasteiger partial charge < -0.3 is 24.6 Å². The highest BCUT2D eigenvalue weighted by atomic mass is 31.2. The number of allylic oxidation sites excluding steroid dienone is 2. The first-order valence-corrected chi connectivity index (χ1v) is 21.1. The molecule has 0 heterocycles. The average Bonchev–Trinajstić information content (AvgIpc) is 3.09. The molecule has 0 aliphatic carbocycles. The second-order valence-corrected chi connectivity index (χ2v) is 14.8. The van der Waals surface area contributed by atoms with Crippen LogP contribution in [0, 0.1) is 0 Å². The summed E-state index contributed by atoms with van der Waals surface area (Å²) in [6.07, 6.45) is 30.3. The fraction of sp³-hybridized carbons (Fsp3) is 0.895. The summed E-state index contributed by atoms with van der Waals surface area (Å²) in [5.41, 5.74) is 0. The Bertz CT molecular complexity index is 837. The first kappa shape index (κ1) is 47.7. The van der Waals surface area contributed by atoms with E-state index in [0.717, 1.165) is 57.8 Å². The molecule has 1 unspecified atom stereocenters. The Hall–Kier alpha value is -1.29. The van der Waals surface area contributed by atoms with Gasteiger partial charge in [-0.3, -0.25) is 18.6 Å². The molecule has 0 rings (SSSR count). The highest BCUT2D eigenvalue weighted by Gasteiger charge is 2.27. The minimum Gasteiger partial charge on any atom is -0.462 e. The van der Waals surface area contributed by atoms with Crippen molar-refractivity contribution < 1.29 is 47.8 Å². The van der Waals surface area contributed by atoms with Crippen molar-refractivity contribution in [3.63, 3.8) is 0 Å². The van der Waals surface area contributed by atoms with Gasteiger partial charge in [0.25, 0.3) is 0 Å². The van der Waals surface area contributed by atoms with Crippen LogP contribution in [0.4, 0.5) is 0 Å². The Morgan fingerprint density at radius 2 is 1.00 bits per heavy atom. The number of rotatable bonds is 37. The molecular formula is C38H73O10P. The first-order chi connectivity index (χ1) is 23.7. The number of carbonyl (C=O) groups excluding carboxylic acids is 2. The molecule has 0 aromatic heterocycles. The fourth-order valence-corrected chi connectivity index (χ4v) is 6.13. The third-order valence-corrected chi connectivity index (χ3v) is 9.37. The van der Waals surface area contributed by atoms with E-state index in [-0.39, 0.29) is 19.4 Å². The van der Waals surface area contributed by atoms with Crippen molar-refractivity contribution in [2.24, 2.45) is 0 Å². The van der Waals surface area contributed by atoms with Crippen LogP contribution in [0.5, 0.6) is 0 Å². The molecule has 3 atom stereocenters. The zero-order valence-electron chi connectivity index (χ0n) is 31.2. The summed E-state index contributed by atoms with van der Waals surface area (Å²) in [5.74, 6) is -0.929. The second kappa shape index (κ2) is 35.1.